The topological polar surface area (TPSA) is 41.7 Å². The van der Waals surface area contributed by atoms with Crippen LogP contribution in [0.3, 0.4) is 0 Å². The van der Waals surface area contributed by atoms with E-state index < -0.39 is 6.36 Å². The van der Waals surface area contributed by atoms with E-state index in [0.717, 1.165) is 31.9 Å². The van der Waals surface area contributed by atoms with Crippen LogP contribution < -0.4 is 15.4 Å². The summed E-state index contributed by atoms with van der Waals surface area (Å²) in [5.41, 5.74) is 6.41. The number of hydrogen-bond donors (Lipinski definition) is 1. The van der Waals surface area contributed by atoms with Gasteiger partial charge in [-0.15, -0.1) is 50.4 Å². The zero-order valence-corrected chi connectivity index (χ0v) is 14.2. The summed E-state index contributed by atoms with van der Waals surface area (Å²) in [7, 11) is 2.03. The van der Waals surface area contributed by atoms with E-state index >= 15 is 0 Å². The zero-order valence-electron chi connectivity index (χ0n) is 11.8. The third kappa shape index (κ3) is 6.56. The van der Waals surface area contributed by atoms with Crippen LogP contribution in [0, 0.1) is 0 Å². The normalized spacial score (nSPS) is 15.2. The molecule has 0 radical (unpaired) electrons. The minimum atomic E-state index is -4.72. The van der Waals surface area contributed by atoms with Crippen molar-refractivity contribution in [2.24, 2.45) is 0 Å². The molecule has 1 heterocycles. The fourth-order valence-electron chi connectivity index (χ4n) is 2.01. The molecule has 0 amide bonds. The second-order valence-corrected chi connectivity index (χ2v) is 4.56. The molecule has 2 rings (SSSR count). The molecule has 1 aliphatic heterocycles. The van der Waals surface area contributed by atoms with Gasteiger partial charge in [-0.05, 0) is 25.2 Å². The van der Waals surface area contributed by atoms with Gasteiger partial charge in [0.1, 0.15) is 0 Å². The van der Waals surface area contributed by atoms with Crippen LogP contribution in [0.5, 0.6) is 5.75 Å². The van der Waals surface area contributed by atoms with Crippen molar-refractivity contribution >= 4 is 48.6 Å². The van der Waals surface area contributed by atoms with E-state index in [1.54, 1.807) is 6.07 Å². The van der Waals surface area contributed by atoms with Crippen molar-refractivity contribution in [3.8, 4) is 5.75 Å². The summed E-state index contributed by atoms with van der Waals surface area (Å²) in [4.78, 5) is 4.29. The maximum Gasteiger partial charge on any atom is 0.573 e. The fourth-order valence-corrected chi connectivity index (χ4v) is 2.01. The minimum Gasteiger partial charge on any atom is -0.404 e. The second-order valence-electron chi connectivity index (χ2n) is 4.56. The fraction of sp³-hybridized carbons (Fsp3) is 0.500. The highest BCUT2D eigenvalue weighted by molar-refractivity contribution is 5.86. The maximum atomic E-state index is 12.1. The van der Waals surface area contributed by atoms with Crippen LogP contribution in [0.2, 0.25) is 0 Å². The molecule has 0 atom stereocenters. The van der Waals surface area contributed by atoms with Crippen molar-refractivity contribution in [2.45, 2.75) is 6.36 Å². The van der Waals surface area contributed by atoms with Crippen molar-refractivity contribution in [3.63, 3.8) is 0 Å². The standard InChI is InChI=1S/C12H16F3N3O.3ClH/c1-17-4-6-18(7-5-17)9-2-3-11(10(16)8-9)19-12(13,14)15;;;/h2-3,8H,4-7,16H2,1H3;3*1H. The van der Waals surface area contributed by atoms with Gasteiger partial charge in [0.05, 0.1) is 5.69 Å². The second kappa shape index (κ2) is 9.39. The first-order valence-corrected chi connectivity index (χ1v) is 5.94. The van der Waals surface area contributed by atoms with E-state index in [2.05, 4.69) is 14.5 Å². The van der Waals surface area contributed by atoms with Gasteiger partial charge in [-0.2, -0.15) is 0 Å². The Morgan fingerprint density at radius 1 is 1.05 bits per heavy atom. The van der Waals surface area contributed by atoms with Gasteiger partial charge >= 0.3 is 6.36 Å². The summed E-state index contributed by atoms with van der Waals surface area (Å²) in [6.07, 6.45) is -4.72. The Labute approximate surface area is 146 Å². The van der Waals surface area contributed by atoms with Crippen molar-refractivity contribution < 1.29 is 17.9 Å². The summed E-state index contributed by atoms with van der Waals surface area (Å²) in [6.45, 7) is 3.49. The summed E-state index contributed by atoms with van der Waals surface area (Å²) < 4.78 is 40.2. The highest BCUT2D eigenvalue weighted by Gasteiger charge is 2.32. The number of halogens is 6. The monoisotopic (exact) mass is 383 g/mol. The molecule has 0 bridgehead atoms. The average Bonchev–Trinajstić information content (AvgIpc) is 2.31. The van der Waals surface area contributed by atoms with Crippen molar-refractivity contribution in [2.75, 3.05) is 43.9 Å². The van der Waals surface area contributed by atoms with E-state index in [-0.39, 0.29) is 48.7 Å². The third-order valence-electron chi connectivity index (χ3n) is 3.09. The van der Waals surface area contributed by atoms with Crippen molar-refractivity contribution in [3.05, 3.63) is 18.2 Å². The molecule has 130 valence electrons. The lowest BCUT2D eigenvalue weighted by Crippen LogP contribution is -2.44. The molecule has 0 aliphatic carbocycles. The van der Waals surface area contributed by atoms with Gasteiger partial charge in [0.2, 0.25) is 0 Å². The van der Waals surface area contributed by atoms with Crippen LogP contribution in [-0.2, 0) is 0 Å². The molecule has 22 heavy (non-hydrogen) atoms. The van der Waals surface area contributed by atoms with Gasteiger partial charge in [0.25, 0.3) is 0 Å². The number of anilines is 2. The van der Waals surface area contributed by atoms with Crippen LogP contribution in [0.25, 0.3) is 0 Å². The van der Waals surface area contributed by atoms with Gasteiger partial charge in [0, 0.05) is 31.9 Å². The predicted octanol–water partition coefficient (Wildman–Crippen LogP) is 3.18. The Morgan fingerprint density at radius 2 is 1.59 bits per heavy atom. The Bertz CT molecular complexity index is 455. The predicted molar refractivity (Wildman–Crippen MR) is 89.0 cm³/mol. The number of piperazine rings is 1. The molecule has 1 aromatic rings. The van der Waals surface area contributed by atoms with E-state index in [1.807, 2.05) is 7.05 Å². The minimum absolute atomic E-state index is 0. The van der Waals surface area contributed by atoms with Crippen molar-refractivity contribution in [1.29, 1.82) is 0 Å². The molecule has 2 N–H and O–H groups in total. The number of alkyl halides is 3. The molecule has 1 saturated heterocycles. The molecule has 0 saturated carbocycles. The largest absolute Gasteiger partial charge is 0.573 e. The van der Waals surface area contributed by atoms with Gasteiger partial charge < -0.3 is 20.3 Å². The number of ether oxygens (including phenoxy) is 1. The molecule has 0 spiro atoms. The molecule has 0 aromatic heterocycles. The number of likely N-dealkylation sites (N-methyl/N-ethyl adjacent to an activating group) is 1. The Kier molecular flexibility index (Phi) is 10.0. The number of nitrogen functional groups attached to an aromatic ring is 1. The molecular formula is C12H19Cl3F3N3O. The summed E-state index contributed by atoms with van der Waals surface area (Å²) in [5, 5.41) is 0. The molecule has 1 fully saturated rings. The van der Waals surface area contributed by atoms with Gasteiger partial charge in [0.15, 0.2) is 5.75 Å². The van der Waals surface area contributed by atoms with E-state index in [0.29, 0.717) is 0 Å². The molecule has 1 aromatic carbocycles. The number of benzene rings is 1. The van der Waals surface area contributed by atoms with E-state index in [1.165, 1.54) is 12.1 Å². The quantitative estimate of drug-likeness (QED) is 0.795. The van der Waals surface area contributed by atoms with E-state index in [9.17, 15) is 13.2 Å². The first kappa shape index (κ1) is 23.5. The van der Waals surface area contributed by atoms with Crippen LogP contribution in [0.1, 0.15) is 0 Å². The lowest BCUT2D eigenvalue weighted by molar-refractivity contribution is -0.274. The number of nitrogens with two attached hydrogens (primary N) is 1. The van der Waals surface area contributed by atoms with Crippen molar-refractivity contribution in [1.82, 2.24) is 4.90 Å². The first-order chi connectivity index (χ1) is 8.85. The summed E-state index contributed by atoms with van der Waals surface area (Å²) in [5.74, 6) is -0.356. The van der Waals surface area contributed by atoms with Gasteiger partial charge in [-0.25, -0.2) is 0 Å². The third-order valence-corrected chi connectivity index (χ3v) is 3.09. The van der Waals surface area contributed by atoms with Gasteiger partial charge in [-0.1, -0.05) is 0 Å². The average molecular weight is 385 g/mol. The Balaban J connectivity index is 0. The highest BCUT2D eigenvalue weighted by Crippen LogP contribution is 2.31. The zero-order chi connectivity index (χ0) is 14.0. The number of hydrogen-bond acceptors (Lipinski definition) is 4. The first-order valence-electron chi connectivity index (χ1n) is 5.94. The molecule has 10 heteroatoms. The Hall–Kier alpha value is -0.760. The summed E-state index contributed by atoms with van der Waals surface area (Å²) >= 11 is 0. The highest BCUT2D eigenvalue weighted by atomic mass is 35.5. The number of nitrogens with zero attached hydrogens (tertiary/aromatic N) is 2. The van der Waals surface area contributed by atoms with Crippen LogP contribution in [0.4, 0.5) is 24.5 Å². The molecule has 0 unspecified atom stereocenters. The van der Waals surface area contributed by atoms with E-state index in [4.69, 9.17) is 5.73 Å². The summed E-state index contributed by atoms with van der Waals surface area (Å²) in [6, 6.07) is 4.38. The van der Waals surface area contributed by atoms with Crippen LogP contribution in [-0.4, -0.2) is 44.5 Å². The smallest absolute Gasteiger partial charge is 0.404 e. The maximum absolute atomic E-state index is 12.1. The van der Waals surface area contributed by atoms with Crippen LogP contribution in [0.15, 0.2) is 18.2 Å². The lowest BCUT2D eigenvalue weighted by atomic mass is 10.2. The number of rotatable bonds is 2. The van der Waals surface area contributed by atoms with Gasteiger partial charge in [-0.3, -0.25) is 0 Å². The lowest BCUT2D eigenvalue weighted by Gasteiger charge is -2.34. The molecular weight excluding hydrogens is 366 g/mol. The SMILES string of the molecule is CN1CCN(c2ccc(OC(F)(F)F)c(N)c2)CC1.Cl.Cl.Cl. The molecule has 1 aliphatic rings. The Morgan fingerprint density at radius 3 is 2.05 bits per heavy atom. The van der Waals surface area contributed by atoms with Crippen LogP contribution >= 0.6 is 37.2 Å². The molecule has 4 nitrogen and oxygen atoms in total.